The third-order valence-corrected chi connectivity index (χ3v) is 2.35. The predicted octanol–water partition coefficient (Wildman–Crippen LogP) is 2.29. The number of rotatable bonds is 8. The minimum Gasteiger partial charge on any atom is -0.493 e. The summed E-state index contributed by atoms with van der Waals surface area (Å²) in [6.45, 7) is 6.11. The fourth-order valence-electron chi connectivity index (χ4n) is 1.39. The van der Waals surface area contributed by atoms with Gasteiger partial charge in [0, 0.05) is 13.1 Å². The molecule has 0 aliphatic rings. The summed E-state index contributed by atoms with van der Waals surface area (Å²) < 4.78 is 5.58. The molecule has 0 aromatic heterocycles. The van der Waals surface area contributed by atoms with Crippen LogP contribution in [0.3, 0.4) is 0 Å². The number of hydrogen-bond acceptors (Lipinski definition) is 3. The Labute approximate surface area is 108 Å². The zero-order chi connectivity index (χ0) is 13.4. The molecule has 0 aliphatic carbocycles. The van der Waals surface area contributed by atoms with E-state index < -0.39 is 5.97 Å². The predicted molar refractivity (Wildman–Crippen MR) is 70.7 cm³/mol. The first-order chi connectivity index (χ1) is 8.58. The largest absolute Gasteiger partial charge is 0.493 e. The van der Waals surface area contributed by atoms with Crippen LogP contribution in [0.25, 0.3) is 0 Å². The molecule has 0 amide bonds. The third-order valence-electron chi connectivity index (χ3n) is 2.35. The molecule has 0 saturated heterocycles. The van der Waals surface area contributed by atoms with Crippen molar-refractivity contribution in [3.8, 4) is 5.75 Å². The van der Waals surface area contributed by atoms with Gasteiger partial charge in [0.15, 0.2) is 0 Å². The van der Waals surface area contributed by atoms with E-state index in [1.807, 2.05) is 24.3 Å². The van der Waals surface area contributed by atoms with E-state index in [1.165, 1.54) is 0 Å². The van der Waals surface area contributed by atoms with E-state index in [1.54, 1.807) is 0 Å². The van der Waals surface area contributed by atoms with Crippen LogP contribution in [0.15, 0.2) is 24.3 Å². The van der Waals surface area contributed by atoms with Crippen molar-refractivity contribution in [1.29, 1.82) is 0 Å². The number of benzene rings is 1. The van der Waals surface area contributed by atoms with E-state index in [9.17, 15) is 4.79 Å². The molecule has 100 valence electrons. The molecule has 4 nitrogen and oxygen atoms in total. The molecule has 0 radical (unpaired) electrons. The van der Waals surface area contributed by atoms with Crippen LogP contribution in [-0.4, -0.2) is 24.2 Å². The Kier molecular flexibility index (Phi) is 6.22. The molecule has 0 bridgehead atoms. The van der Waals surface area contributed by atoms with Gasteiger partial charge in [0.1, 0.15) is 5.75 Å². The highest BCUT2D eigenvalue weighted by molar-refractivity contribution is 5.66. The standard InChI is InChI=1S/C14H21NO3/c1-11(2)10-18-13-5-3-12(4-6-13)9-15-8-7-14(16)17/h3-6,11,15H,7-10H2,1-2H3,(H,16,17). The molecule has 0 saturated carbocycles. The van der Waals surface area contributed by atoms with Crippen molar-refractivity contribution < 1.29 is 14.6 Å². The number of carboxylic acids is 1. The minimum absolute atomic E-state index is 0.148. The smallest absolute Gasteiger partial charge is 0.304 e. The van der Waals surface area contributed by atoms with Crippen molar-refractivity contribution in [2.75, 3.05) is 13.2 Å². The van der Waals surface area contributed by atoms with E-state index in [2.05, 4.69) is 19.2 Å². The molecule has 18 heavy (non-hydrogen) atoms. The fourth-order valence-corrected chi connectivity index (χ4v) is 1.39. The molecular formula is C14H21NO3. The zero-order valence-electron chi connectivity index (χ0n) is 11.0. The minimum atomic E-state index is -0.778. The highest BCUT2D eigenvalue weighted by Gasteiger charge is 1.99. The van der Waals surface area contributed by atoms with Crippen molar-refractivity contribution in [2.24, 2.45) is 5.92 Å². The Bertz CT molecular complexity index is 360. The Morgan fingerprint density at radius 2 is 2.00 bits per heavy atom. The van der Waals surface area contributed by atoms with Crippen molar-refractivity contribution in [1.82, 2.24) is 5.32 Å². The van der Waals surface area contributed by atoms with Gasteiger partial charge in [-0.25, -0.2) is 0 Å². The molecular weight excluding hydrogens is 230 g/mol. The summed E-state index contributed by atoms with van der Waals surface area (Å²) in [7, 11) is 0. The first-order valence-electron chi connectivity index (χ1n) is 6.22. The third kappa shape index (κ3) is 6.25. The first-order valence-corrected chi connectivity index (χ1v) is 6.22. The summed E-state index contributed by atoms with van der Waals surface area (Å²) in [6, 6.07) is 7.86. The summed E-state index contributed by atoms with van der Waals surface area (Å²) in [5.74, 6) is 0.611. The Morgan fingerprint density at radius 1 is 1.33 bits per heavy atom. The van der Waals surface area contributed by atoms with Gasteiger partial charge in [-0.3, -0.25) is 4.79 Å². The highest BCUT2D eigenvalue weighted by Crippen LogP contribution is 2.13. The SMILES string of the molecule is CC(C)COc1ccc(CNCCC(=O)O)cc1. The maximum absolute atomic E-state index is 10.3. The van der Waals surface area contributed by atoms with E-state index in [-0.39, 0.29) is 6.42 Å². The van der Waals surface area contributed by atoms with E-state index >= 15 is 0 Å². The van der Waals surface area contributed by atoms with E-state index in [4.69, 9.17) is 9.84 Å². The first kappa shape index (κ1) is 14.5. The van der Waals surface area contributed by atoms with Gasteiger partial charge in [-0.05, 0) is 23.6 Å². The molecule has 2 N–H and O–H groups in total. The van der Waals surface area contributed by atoms with Gasteiger partial charge in [-0.1, -0.05) is 26.0 Å². The lowest BCUT2D eigenvalue weighted by Crippen LogP contribution is -2.17. The van der Waals surface area contributed by atoms with E-state index in [0.717, 1.165) is 17.9 Å². The summed E-state index contributed by atoms with van der Waals surface area (Å²) in [6.07, 6.45) is 0.148. The van der Waals surface area contributed by atoms with Gasteiger partial charge in [-0.15, -0.1) is 0 Å². The lowest BCUT2D eigenvalue weighted by Gasteiger charge is -2.09. The van der Waals surface area contributed by atoms with Gasteiger partial charge >= 0.3 is 5.97 Å². The monoisotopic (exact) mass is 251 g/mol. The Hall–Kier alpha value is -1.55. The number of aliphatic carboxylic acids is 1. The molecule has 0 fully saturated rings. The topological polar surface area (TPSA) is 58.6 Å². The lowest BCUT2D eigenvalue weighted by atomic mass is 10.2. The van der Waals surface area contributed by atoms with Crippen LogP contribution in [-0.2, 0) is 11.3 Å². The molecule has 1 rings (SSSR count). The maximum atomic E-state index is 10.3. The number of ether oxygens (including phenoxy) is 1. The molecule has 0 spiro atoms. The van der Waals surface area contributed by atoms with Crippen molar-refractivity contribution in [3.05, 3.63) is 29.8 Å². The van der Waals surface area contributed by atoms with Gasteiger partial charge < -0.3 is 15.2 Å². The van der Waals surface area contributed by atoms with Crippen LogP contribution in [0.1, 0.15) is 25.8 Å². The van der Waals surface area contributed by atoms with Crippen molar-refractivity contribution in [2.45, 2.75) is 26.8 Å². The quantitative estimate of drug-likeness (QED) is 0.696. The maximum Gasteiger partial charge on any atom is 0.304 e. The lowest BCUT2D eigenvalue weighted by molar-refractivity contribution is -0.136. The molecule has 0 aliphatic heterocycles. The van der Waals surface area contributed by atoms with Crippen LogP contribution < -0.4 is 10.1 Å². The number of carbonyl (C=O) groups is 1. The second-order valence-corrected chi connectivity index (χ2v) is 4.67. The molecule has 1 aromatic rings. The van der Waals surface area contributed by atoms with Crippen molar-refractivity contribution >= 4 is 5.97 Å². The van der Waals surface area contributed by atoms with Gasteiger partial charge in [0.05, 0.1) is 13.0 Å². The number of hydrogen-bond donors (Lipinski definition) is 2. The molecule has 0 unspecified atom stereocenters. The summed E-state index contributed by atoms with van der Waals surface area (Å²) in [4.78, 5) is 10.3. The van der Waals surface area contributed by atoms with Crippen LogP contribution in [0.2, 0.25) is 0 Å². The van der Waals surface area contributed by atoms with Gasteiger partial charge in [0.2, 0.25) is 0 Å². The van der Waals surface area contributed by atoms with Crippen LogP contribution in [0, 0.1) is 5.92 Å². The molecule has 0 heterocycles. The van der Waals surface area contributed by atoms with Crippen molar-refractivity contribution in [3.63, 3.8) is 0 Å². The number of carboxylic acid groups (broad SMARTS) is 1. The average molecular weight is 251 g/mol. The summed E-state index contributed by atoms with van der Waals surface area (Å²) in [5, 5.41) is 11.6. The van der Waals surface area contributed by atoms with Crippen LogP contribution in [0.5, 0.6) is 5.75 Å². The fraction of sp³-hybridized carbons (Fsp3) is 0.500. The summed E-state index contributed by atoms with van der Waals surface area (Å²) >= 11 is 0. The second-order valence-electron chi connectivity index (χ2n) is 4.67. The molecule has 4 heteroatoms. The average Bonchev–Trinajstić information content (AvgIpc) is 2.33. The Balaban J connectivity index is 2.29. The molecule has 0 atom stereocenters. The summed E-state index contributed by atoms with van der Waals surface area (Å²) in [5.41, 5.74) is 1.12. The number of nitrogens with one attached hydrogen (secondary N) is 1. The van der Waals surface area contributed by atoms with Crippen LogP contribution in [0.4, 0.5) is 0 Å². The van der Waals surface area contributed by atoms with E-state index in [0.29, 0.717) is 19.0 Å². The van der Waals surface area contributed by atoms with Gasteiger partial charge in [-0.2, -0.15) is 0 Å². The van der Waals surface area contributed by atoms with Gasteiger partial charge in [0.25, 0.3) is 0 Å². The highest BCUT2D eigenvalue weighted by atomic mass is 16.5. The second kappa shape index (κ2) is 7.71. The normalized spacial score (nSPS) is 10.6. The van der Waals surface area contributed by atoms with Crippen LogP contribution >= 0.6 is 0 Å². The zero-order valence-corrected chi connectivity index (χ0v) is 11.0. The molecule has 1 aromatic carbocycles. The Morgan fingerprint density at radius 3 is 2.56 bits per heavy atom.